The van der Waals surface area contributed by atoms with Crippen LogP contribution < -0.4 is 0 Å². The first-order chi connectivity index (χ1) is 13.6. The lowest BCUT2D eigenvalue weighted by atomic mass is 10.0. The fourth-order valence-corrected chi connectivity index (χ4v) is 5.27. The molecule has 0 spiro atoms. The van der Waals surface area contributed by atoms with E-state index in [1.165, 1.54) is 0 Å². The summed E-state index contributed by atoms with van der Waals surface area (Å²) in [6.07, 6.45) is -1.32. The number of hydrogen-bond donors (Lipinski definition) is 0. The van der Waals surface area contributed by atoms with E-state index in [0.717, 1.165) is 11.0 Å². The molecule has 0 N–H and O–H groups in total. The molecular formula is C19H18N2O6S. The van der Waals surface area contributed by atoms with Crippen LogP contribution in [0.15, 0.2) is 24.3 Å². The summed E-state index contributed by atoms with van der Waals surface area (Å²) < 4.78 is 27.0. The summed E-state index contributed by atoms with van der Waals surface area (Å²) >= 11 is 5.87. The molecule has 0 radical (unpaired) electrons. The van der Waals surface area contributed by atoms with Crippen molar-refractivity contribution in [2.45, 2.75) is 49.7 Å². The van der Waals surface area contributed by atoms with Crippen LogP contribution in [0, 0.1) is 4.77 Å². The van der Waals surface area contributed by atoms with Gasteiger partial charge in [0.25, 0.3) is 0 Å². The standard InChI is InChI=1S/C19H18N2O6S/c22-13-5-11(15-7-24-17(13)26-15)20-9-3-1-2-4-10(9)21(19(20)28)12-6-14(23)18-25-8-16(12)27-18/h1-4,11-12,15-18H,5-8H2/t11-,12-,15+,16+,17-,18-/m0/s1. The number of rotatable bonds is 2. The lowest BCUT2D eigenvalue weighted by Gasteiger charge is -2.29. The fraction of sp³-hybridized carbons (Fsp3) is 0.526. The number of imidazole rings is 1. The summed E-state index contributed by atoms with van der Waals surface area (Å²) in [5, 5.41) is 0. The molecule has 6 rings (SSSR count). The lowest BCUT2D eigenvalue weighted by Crippen LogP contribution is -2.38. The maximum absolute atomic E-state index is 12.4. The summed E-state index contributed by atoms with van der Waals surface area (Å²) in [6, 6.07) is 7.36. The Balaban J connectivity index is 1.52. The average molecular weight is 402 g/mol. The van der Waals surface area contributed by atoms with E-state index in [2.05, 4.69) is 0 Å². The Labute approximate surface area is 164 Å². The van der Waals surface area contributed by atoms with Gasteiger partial charge < -0.3 is 28.1 Å². The number of carbonyl (C=O) groups is 2. The first-order valence-electron chi connectivity index (χ1n) is 9.43. The molecule has 9 heteroatoms. The Morgan fingerprint density at radius 3 is 1.75 bits per heavy atom. The normalized spacial score (nSPS) is 37.1. The summed E-state index contributed by atoms with van der Waals surface area (Å²) in [5.74, 6) is -0.138. The molecule has 4 aliphatic rings. The number of carbonyl (C=O) groups excluding carboxylic acids is 2. The molecule has 146 valence electrons. The van der Waals surface area contributed by atoms with Gasteiger partial charge in [-0.1, -0.05) is 12.1 Å². The lowest BCUT2D eigenvalue weighted by molar-refractivity contribution is -0.156. The average Bonchev–Trinajstić information content (AvgIpc) is 3.38. The van der Waals surface area contributed by atoms with Crippen LogP contribution in [0.4, 0.5) is 0 Å². The van der Waals surface area contributed by atoms with Gasteiger partial charge in [-0.25, -0.2) is 0 Å². The largest absolute Gasteiger partial charge is 0.343 e. The highest BCUT2D eigenvalue weighted by Crippen LogP contribution is 2.39. The molecule has 0 amide bonds. The minimum atomic E-state index is -0.749. The second-order valence-corrected chi connectivity index (χ2v) is 8.03. The summed E-state index contributed by atoms with van der Waals surface area (Å²) in [6.45, 7) is 0.733. The predicted octanol–water partition coefficient (Wildman–Crippen LogP) is 1.68. The van der Waals surface area contributed by atoms with Crippen LogP contribution in [-0.2, 0) is 28.5 Å². The molecule has 28 heavy (non-hydrogen) atoms. The highest BCUT2D eigenvalue weighted by atomic mass is 32.1. The third-order valence-corrected chi connectivity index (χ3v) is 6.49. The Morgan fingerprint density at radius 1 is 0.821 bits per heavy atom. The van der Waals surface area contributed by atoms with Crippen molar-refractivity contribution in [1.29, 1.82) is 0 Å². The van der Waals surface area contributed by atoms with Crippen LogP contribution in [0.1, 0.15) is 24.9 Å². The smallest absolute Gasteiger partial charge is 0.218 e. The van der Waals surface area contributed by atoms with Crippen LogP contribution in [-0.4, -0.2) is 58.7 Å². The van der Waals surface area contributed by atoms with Gasteiger partial charge in [0.15, 0.2) is 16.3 Å². The molecule has 4 fully saturated rings. The van der Waals surface area contributed by atoms with Crippen molar-refractivity contribution in [3.63, 3.8) is 0 Å². The molecule has 0 unspecified atom stereocenters. The maximum atomic E-state index is 12.4. The topological polar surface area (TPSA) is 80.9 Å². The van der Waals surface area contributed by atoms with Gasteiger partial charge in [-0.2, -0.15) is 0 Å². The van der Waals surface area contributed by atoms with Crippen molar-refractivity contribution in [2.24, 2.45) is 0 Å². The van der Waals surface area contributed by atoms with Gasteiger partial charge in [-0.15, -0.1) is 0 Å². The zero-order chi connectivity index (χ0) is 19.0. The van der Waals surface area contributed by atoms with Crippen molar-refractivity contribution in [1.82, 2.24) is 9.13 Å². The van der Waals surface area contributed by atoms with Crippen LogP contribution >= 0.6 is 12.2 Å². The Kier molecular flexibility index (Phi) is 3.67. The summed E-state index contributed by atoms with van der Waals surface area (Å²) in [7, 11) is 0. The van der Waals surface area contributed by atoms with Gasteiger partial charge in [0.05, 0.1) is 36.3 Å². The van der Waals surface area contributed by atoms with E-state index >= 15 is 0 Å². The van der Waals surface area contributed by atoms with E-state index in [-0.39, 0.29) is 35.9 Å². The molecule has 4 saturated heterocycles. The van der Waals surface area contributed by atoms with Gasteiger partial charge in [0.2, 0.25) is 12.6 Å². The first kappa shape index (κ1) is 17.0. The number of hydrogen-bond acceptors (Lipinski definition) is 7. The number of ether oxygens (including phenoxy) is 4. The number of nitrogens with zero attached hydrogens (tertiary/aromatic N) is 2. The van der Waals surface area contributed by atoms with Gasteiger partial charge in [0.1, 0.15) is 12.2 Å². The molecule has 2 aromatic rings. The number of Topliss-reactive ketones (excluding diaryl/α,β-unsaturated/α-hetero) is 2. The van der Waals surface area contributed by atoms with Crippen LogP contribution in [0.3, 0.4) is 0 Å². The van der Waals surface area contributed by atoms with Crippen molar-refractivity contribution in [3.8, 4) is 0 Å². The summed E-state index contributed by atoms with van der Waals surface area (Å²) in [5.41, 5.74) is 1.82. The Morgan fingerprint density at radius 2 is 1.29 bits per heavy atom. The van der Waals surface area contributed by atoms with E-state index in [1.54, 1.807) is 0 Å². The fourth-order valence-electron chi connectivity index (χ4n) is 4.80. The molecule has 6 atom stereocenters. The Bertz CT molecular complexity index is 980. The minimum Gasteiger partial charge on any atom is -0.343 e. The molecule has 4 bridgehead atoms. The molecule has 0 aliphatic carbocycles. The second kappa shape index (κ2) is 6.04. The van der Waals surface area contributed by atoms with Gasteiger partial charge >= 0.3 is 0 Å². The zero-order valence-corrected chi connectivity index (χ0v) is 15.7. The SMILES string of the molecule is O=C1C[C@H](n2c(=S)n([C@H]3CC(=O)[C@H]4OC[C@H]3O4)c3ccccc32)[C@H]2CO[C@H]1O2. The van der Waals surface area contributed by atoms with E-state index in [9.17, 15) is 9.59 Å². The third-order valence-electron chi connectivity index (χ3n) is 6.10. The van der Waals surface area contributed by atoms with Crippen LogP contribution in [0.25, 0.3) is 11.0 Å². The van der Waals surface area contributed by atoms with E-state index < -0.39 is 12.6 Å². The molecule has 0 saturated carbocycles. The number of ketones is 2. The van der Waals surface area contributed by atoms with Gasteiger partial charge in [0, 0.05) is 12.8 Å². The van der Waals surface area contributed by atoms with Crippen molar-refractivity contribution >= 4 is 34.8 Å². The predicted molar refractivity (Wildman–Crippen MR) is 97.3 cm³/mol. The Hall–Kier alpha value is -1.91. The molecule has 5 heterocycles. The van der Waals surface area contributed by atoms with Crippen molar-refractivity contribution < 1.29 is 28.5 Å². The van der Waals surface area contributed by atoms with Crippen LogP contribution in [0.2, 0.25) is 0 Å². The van der Waals surface area contributed by atoms with Gasteiger partial charge in [-0.05, 0) is 24.4 Å². The zero-order valence-electron chi connectivity index (χ0n) is 14.9. The van der Waals surface area contributed by atoms with Crippen LogP contribution in [0.5, 0.6) is 0 Å². The van der Waals surface area contributed by atoms with E-state index in [0.29, 0.717) is 30.8 Å². The van der Waals surface area contributed by atoms with E-state index in [1.807, 2.05) is 33.4 Å². The number of benzene rings is 1. The molecule has 1 aromatic carbocycles. The molecule has 1 aromatic heterocycles. The number of fused-ring (bicyclic) bond motifs is 5. The van der Waals surface area contributed by atoms with Gasteiger partial charge in [-0.3, -0.25) is 9.59 Å². The highest BCUT2D eigenvalue weighted by molar-refractivity contribution is 7.71. The number of para-hydroxylation sites is 2. The maximum Gasteiger partial charge on any atom is 0.218 e. The number of aromatic nitrogens is 2. The van der Waals surface area contributed by atoms with E-state index in [4.69, 9.17) is 31.2 Å². The highest BCUT2D eigenvalue weighted by Gasteiger charge is 2.47. The molecule has 4 aliphatic heterocycles. The minimum absolute atomic E-state index is 0.0688. The van der Waals surface area contributed by atoms with Crippen molar-refractivity contribution in [2.75, 3.05) is 13.2 Å². The molecular weight excluding hydrogens is 384 g/mol. The summed E-state index contributed by atoms with van der Waals surface area (Å²) in [4.78, 5) is 24.7. The first-order valence-corrected chi connectivity index (χ1v) is 9.83. The monoisotopic (exact) mass is 402 g/mol. The third kappa shape index (κ3) is 2.28. The van der Waals surface area contributed by atoms with Crippen molar-refractivity contribution in [3.05, 3.63) is 29.0 Å². The molecule has 8 nitrogen and oxygen atoms in total. The quantitative estimate of drug-likeness (QED) is 0.707. The second-order valence-electron chi connectivity index (χ2n) is 7.67.